The van der Waals surface area contributed by atoms with E-state index in [0.29, 0.717) is 10.6 Å². The van der Waals surface area contributed by atoms with Crippen molar-refractivity contribution in [1.29, 1.82) is 0 Å². The van der Waals surface area contributed by atoms with E-state index in [2.05, 4.69) is 5.32 Å². The maximum atomic E-state index is 14.2. The highest BCUT2D eigenvalue weighted by Gasteiger charge is 2.34. The smallest absolute Gasteiger partial charge is 0.264 e. The van der Waals surface area contributed by atoms with Crippen molar-refractivity contribution in [3.05, 3.63) is 130 Å². The zero-order valence-electron chi connectivity index (χ0n) is 22.6. The first-order valence-corrected chi connectivity index (χ1v) is 15.1. The average molecular weight is 629 g/mol. The number of hydrogen-bond donors (Lipinski definition) is 1. The maximum Gasteiger partial charge on any atom is 0.264 e. The molecule has 0 heterocycles. The Bertz CT molecular complexity index is 1640. The molecule has 7 nitrogen and oxygen atoms in total. The Labute approximate surface area is 254 Å². The van der Waals surface area contributed by atoms with Crippen LogP contribution in [0.3, 0.4) is 0 Å². The highest BCUT2D eigenvalue weighted by atomic mass is 35.5. The molecule has 1 atom stereocenters. The quantitative estimate of drug-likeness (QED) is 0.231. The molecule has 1 N–H and O–H groups in total. The number of carbonyl (C=O) groups excluding carboxylic acids is 2. The van der Waals surface area contributed by atoms with Gasteiger partial charge in [-0.25, -0.2) is 12.8 Å². The van der Waals surface area contributed by atoms with Gasteiger partial charge in [-0.2, -0.15) is 0 Å². The Morgan fingerprint density at radius 1 is 0.881 bits per heavy atom. The lowest BCUT2D eigenvalue weighted by Crippen LogP contribution is -2.53. The molecule has 218 valence electrons. The van der Waals surface area contributed by atoms with Gasteiger partial charge in [-0.3, -0.25) is 13.9 Å². The number of carbonyl (C=O) groups is 2. The summed E-state index contributed by atoms with van der Waals surface area (Å²) < 4.78 is 42.2. The van der Waals surface area contributed by atoms with Crippen LogP contribution in [0.25, 0.3) is 0 Å². The van der Waals surface area contributed by atoms with Gasteiger partial charge in [0.2, 0.25) is 11.8 Å². The minimum Gasteiger partial charge on any atom is -0.357 e. The minimum absolute atomic E-state index is 0.0982. The molecule has 0 unspecified atom stereocenters. The number of para-hydroxylation sites is 1. The van der Waals surface area contributed by atoms with Gasteiger partial charge < -0.3 is 10.2 Å². The molecule has 4 aromatic rings. The lowest BCUT2D eigenvalue weighted by molar-refractivity contribution is -0.139. The molecule has 4 aromatic carbocycles. The highest BCUT2D eigenvalue weighted by Crippen LogP contribution is 2.27. The van der Waals surface area contributed by atoms with Crippen molar-refractivity contribution in [2.75, 3.05) is 17.9 Å². The monoisotopic (exact) mass is 627 g/mol. The Kier molecular flexibility index (Phi) is 10.2. The van der Waals surface area contributed by atoms with Crippen LogP contribution in [-0.4, -0.2) is 44.8 Å². The van der Waals surface area contributed by atoms with E-state index in [1.54, 1.807) is 42.5 Å². The Morgan fingerprint density at radius 2 is 1.50 bits per heavy atom. The molecule has 0 aliphatic rings. The van der Waals surface area contributed by atoms with Crippen molar-refractivity contribution in [3.63, 3.8) is 0 Å². The van der Waals surface area contributed by atoms with Gasteiger partial charge in [-0.15, -0.1) is 0 Å². The molecule has 4 rings (SSSR count). The third kappa shape index (κ3) is 7.47. The molecule has 0 radical (unpaired) electrons. The van der Waals surface area contributed by atoms with Crippen molar-refractivity contribution in [1.82, 2.24) is 10.2 Å². The number of hydrogen-bond acceptors (Lipinski definition) is 4. The molecule has 0 spiro atoms. The van der Waals surface area contributed by atoms with Gasteiger partial charge in [0.1, 0.15) is 18.4 Å². The van der Waals surface area contributed by atoms with Crippen LogP contribution in [0.2, 0.25) is 10.0 Å². The first-order valence-electron chi connectivity index (χ1n) is 12.9. The largest absolute Gasteiger partial charge is 0.357 e. The number of benzene rings is 4. The summed E-state index contributed by atoms with van der Waals surface area (Å²) in [5.41, 5.74) is 1.54. The molecule has 2 amide bonds. The predicted octanol–water partition coefficient (Wildman–Crippen LogP) is 5.71. The van der Waals surface area contributed by atoms with E-state index in [-0.39, 0.29) is 28.6 Å². The summed E-state index contributed by atoms with van der Waals surface area (Å²) >= 11 is 12.6. The summed E-state index contributed by atoms with van der Waals surface area (Å²) in [5, 5.41) is 3.31. The predicted molar refractivity (Wildman–Crippen MR) is 162 cm³/mol. The average Bonchev–Trinajstić information content (AvgIpc) is 2.99. The van der Waals surface area contributed by atoms with Gasteiger partial charge in [0.05, 0.1) is 10.6 Å². The second-order valence-electron chi connectivity index (χ2n) is 9.38. The van der Waals surface area contributed by atoms with Gasteiger partial charge >= 0.3 is 0 Å². The van der Waals surface area contributed by atoms with Crippen LogP contribution in [0, 0.1) is 5.82 Å². The van der Waals surface area contributed by atoms with E-state index in [1.165, 1.54) is 18.0 Å². The number of likely N-dealkylation sites (N-methyl/N-ethyl adjacent to an activating group) is 1. The maximum absolute atomic E-state index is 14.2. The standard InChI is InChI=1S/C31H28Cl2FN3O4S/c1-35-31(39)29(18-22-8-4-2-5-9-22)36(20-23-12-13-24(32)19-28(23)33)30(38)21-37(26-10-6-3-7-11-26)42(40,41)27-16-14-25(34)15-17-27/h2-17,19,29H,18,20-21H2,1H3,(H,35,39)/t29-/m0/s1. The second kappa shape index (κ2) is 13.8. The molecule has 0 saturated heterocycles. The van der Waals surface area contributed by atoms with Crippen molar-refractivity contribution in [2.24, 2.45) is 0 Å². The van der Waals surface area contributed by atoms with Gasteiger partial charge in [0, 0.05) is 30.1 Å². The van der Waals surface area contributed by atoms with Crippen LogP contribution in [0.5, 0.6) is 0 Å². The molecular weight excluding hydrogens is 600 g/mol. The summed E-state index contributed by atoms with van der Waals surface area (Å²) in [7, 11) is -2.86. The number of amides is 2. The summed E-state index contributed by atoms with van der Waals surface area (Å²) in [6.45, 7) is -0.740. The van der Waals surface area contributed by atoms with Gasteiger partial charge in [-0.05, 0) is 59.7 Å². The third-order valence-corrected chi connectivity index (χ3v) is 8.97. The van der Waals surface area contributed by atoms with Crippen molar-refractivity contribution in [3.8, 4) is 0 Å². The molecular formula is C31H28Cl2FN3O4S. The van der Waals surface area contributed by atoms with Crippen molar-refractivity contribution < 1.29 is 22.4 Å². The lowest BCUT2D eigenvalue weighted by atomic mass is 10.0. The minimum atomic E-state index is -4.32. The summed E-state index contributed by atoms with van der Waals surface area (Å²) in [6, 6.07) is 25.4. The van der Waals surface area contributed by atoms with Crippen LogP contribution in [0.1, 0.15) is 11.1 Å². The molecule has 0 fully saturated rings. The fourth-order valence-electron chi connectivity index (χ4n) is 4.41. The fraction of sp³-hybridized carbons (Fsp3) is 0.161. The molecule has 0 aliphatic heterocycles. The van der Waals surface area contributed by atoms with Crippen LogP contribution in [-0.2, 0) is 32.6 Å². The fourth-order valence-corrected chi connectivity index (χ4v) is 6.29. The number of nitrogens with one attached hydrogen (secondary N) is 1. The van der Waals surface area contributed by atoms with Crippen LogP contribution in [0.15, 0.2) is 108 Å². The normalized spacial score (nSPS) is 11.9. The van der Waals surface area contributed by atoms with E-state index in [0.717, 1.165) is 34.1 Å². The number of sulfonamides is 1. The third-order valence-electron chi connectivity index (χ3n) is 6.60. The lowest BCUT2D eigenvalue weighted by Gasteiger charge is -2.33. The summed E-state index contributed by atoms with van der Waals surface area (Å²) in [5.74, 6) is -1.69. The Balaban J connectivity index is 1.79. The highest BCUT2D eigenvalue weighted by molar-refractivity contribution is 7.92. The molecule has 0 saturated carbocycles. The van der Waals surface area contributed by atoms with Crippen molar-refractivity contribution >= 4 is 50.7 Å². The number of halogens is 3. The van der Waals surface area contributed by atoms with Gasteiger partial charge in [0.15, 0.2) is 0 Å². The molecule has 11 heteroatoms. The SMILES string of the molecule is CNC(=O)[C@H](Cc1ccccc1)N(Cc1ccc(Cl)cc1Cl)C(=O)CN(c1ccccc1)S(=O)(=O)c1ccc(F)cc1. The summed E-state index contributed by atoms with van der Waals surface area (Å²) in [4.78, 5) is 28.6. The van der Waals surface area contributed by atoms with Gasteiger partial charge in [0.25, 0.3) is 10.0 Å². The van der Waals surface area contributed by atoms with Gasteiger partial charge in [-0.1, -0.05) is 77.8 Å². The van der Waals surface area contributed by atoms with Crippen LogP contribution >= 0.6 is 23.2 Å². The van der Waals surface area contributed by atoms with E-state index in [1.807, 2.05) is 30.3 Å². The zero-order valence-corrected chi connectivity index (χ0v) is 24.9. The summed E-state index contributed by atoms with van der Waals surface area (Å²) in [6.07, 6.45) is 0.160. The van der Waals surface area contributed by atoms with E-state index < -0.39 is 40.2 Å². The number of nitrogens with zero attached hydrogens (tertiary/aromatic N) is 2. The molecule has 0 bridgehead atoms. The number of rotatable bonds is 11. The topological polar surface area (TPSA) is 86.8 Å². The zero-order chi connectivity index (χ0) is 30.3. The first-order chi connectivity index (χ1) is 20.1. The second-order valence-corrected chi connectivity index (χ2v) is 12.1. The van der Waals surface area contributed by atoms with Crippen LogP contribution in [0.4, 0.5) is 10.1 Å². The number of anilines is 1. The van der Waals surface area contributed by atoms with Crippen molar-refractivity contribution in [2.45, 2.75) is 23.9 Å². The van der Waals surface area contributed by atoms with E-state index in [9.17, 15) is 22.4 Å². The molecule has 0 aromatic heterocycles. The molecule has 0 aliphatic carbocycles. The Morgan fingerprint density at radius 3 is 2.10 bits per heavy atom. The van der Waals surface area contributed by atoms with E-state index in [4.69, 9.17) is 23.2 Å². The van der Waals surface area contributed by atoms with Crippen LogP contribution < -0.4 is 9.62 Å². The Hall–Kier alpha value is -3.92. The molecule has 42 heavy (non-hydrogen) atoms. The van der Waals surface area contributed by atoms with E-state index >= 15 is 0 Å². The first kappa shape index (κ1) is 31.0.